The summed E-state index contributed by atoms with van der Waals surface area (Å²) in [5, 5.41) is 3.52. The van der Waals surface area contributed by atoms with Crippen LogP contribution in [0.3, 0.4) is 0 Å². The number of fused-ring (bicyclic) bond motifs is 1. The second-order valence-corrected chi connectivity index (χ2v) is 5.56. The lowest BCUT2D eigenvalue weighted by Gasteiger charge is -2.26. The van der Waals surface area contributed by atoms with Gasteiger partial charge in [0.1, 0.15) is 11.9 Å². The van der Waals surface area contributed by atoms with Gasteiger partial charge < -0.3 is 14.8 Å². The number of ether oxygens (including phenoxy) is 2. The van der Waals surface area contributed by atoms with Crippen LogP contribution in [0.5, 0.6) is 5.75 Å². The van der Waals surface area contributed by atoms with Crippen LogP contribution in [0.25, 0.3) is 0 Å². The van der Waals surface area contributed by atoms with Crippen molar-refractivity contribution in [1.82, 2.24) is 10.2 Å². The van der Waals surface area contributed by atoms with Gasteiger partial charge in [-0.15, -0.1) is 0 Å². The van der Waals surface area contributed by atoms with Crippen LogP contribution in [0.1, 0.15) is 12.0 Å². The number of hydrogen-bond acceptors (Lipinski definition) is 4. The molecule has 0 aromatic heterocycles. The first-order chi connectivity index (χ1) is 9.92. The molecule has 0 aliphatic carbocycles. The molecule has 2 aliphatic heterocycles. The minimum atomic E-state index is 0.302. The first kappa shape index (κ1) is 13.9. The number of hydrogen-bond donors (Lipinski definition) is 1. The number of para-hydroxylation sites is 1. The molecule has 20 heavy (non-hydrogen) atoms. The van der Waals surface area contributed by atoms with E-state index in [-0.39, 0.29) is 0 Å². The molecule has 1 N–H and O–H groups in total. The Morgan fingerprint density at radius 2 is 2.05 bits per heavy atom. The molecule has 1 aromatic carbocycles. The van der Waals surface area contributed by atoms with Crippen molar-refractivity contribution < 1.29 is 9.47 Å². The predicted octanol–water partition coefficient (Wildman–Crippen LogP) is 1.30. The van der Waals surface area contributed by atoms with Crippen molar-refractivity contribution in [2.75, 3.05) is 45.9 Å². The first-order valence-corrected chi connectivity index (χ1v) is 7.67. The zero-order valence-electron chi connectivity index (χ0n) is 12.0. The molecule has 4 heteroatoms. The van der Waals surface area contributed by atoms with Crippen molar-refractivity contribution in [3.8, 4) is 5.75 Å². The molecule has 110 valence electrons. The minimum Gasteiger partial charge on any atom is -0.488 e. The molecule has 1 aromatic rings. The van der Waals surface area contributed by atoms with E-state index in [2.05, 4.69) is 28.4 Å². The Labute approximate surface area is 121 Å². The summed E-state index contributed by atoms with van der Waals surface area (Å²) >= 11 is 0. The van der Waals surface area contributed by atoms with E-state index in [0.717, 1.165) is 51.6 Å². The topological polar surface area (TPSA) is 33.7 Å². The van der Waals surface area contributed by atoms with Crippen molar-refractivity contribution in [2.45, 2.75) is 18.9 Å². The van der Waals surface area contributed by atoms with Gasteiger partial charge in [-0.05, 0) is 31.1 Å². The molecule has 1 saturated heterocycles. The Morgan fingerprint density at radius 1 is 1.20 bits per heavy atom. The normalized spacial score (nSPS) is 22.5. The van der Waals surface area contributed by atoms with Crippen LogP contribution in [0.4, 0.5) is 0 Å². The molecular weight excluding hydrogens is 252 g/mol. The van der Waals surface area contributed by atoms with Crippen LogP contribution < -0.4 is 10.1 Å². The molecule has 1 unspecified atom stereocenters. The Bertz CT molecular complexity index is 394. The molecule has 0 amide bonds. The molecule has 2 aliphatic rings. The van der Waals surface area contributed by atoms with Gasteiger partial charge in [-0.2, -0.15) is 0 Å². The predicted molar refractivity (Wildman–Crippen MR) is 79.3 cm³/mol. The minimum absolute atomic E-state index is 0.302. The van der Waals surface area contributed by atoms with Crippen LogP contribution in [-0.2, 0) is 11.2 Å². The lowest BCUT2D eigenvalue weighted by Crippen LogP contribution is -2.38. The average Bonchev–Trinajstić information content (AvgIpc) is 2.90. The fourth-order valence-electron chi connectivity index (χ4n) is 2.88. The van der Waals surface area contributed by atoms with Gasteiger partial charge in [0.15, 0.2) is 0 Å². The van der Waals surface area contributed by atoms with Gasteiger partial charge >= 0.3 is 0 Å². The number of morpholine rings is 1. The molecule has 3 rings (SSSR count). The summed E-state index contributed by atoms with van der Waals surface area (Å²) in [5.74, 6) is 1.06. The summed E-state index contributed by atoms with van der Waals surface area (Å²) in [6.45, 7) is 7.12. The van der Waals surface area contributed by atoms with Crippen LogP contribution >= 0.6 is 0 Å². The van der Waals surface area contributed by atoms with Gasteiger partial charge in [-0.25, -0.2) is 0 Å². The van der Waals surface area contributed by atoms with E-state index in [1.165, 1.54) is 18.5 Å². The Hall–Kier alpha value is -1.10. The SMILES string of the molecule is c1ccc2c(c1)CC(CNCCCN1CCOCC1)O2. The second kappa shape index (κ2) is 7.07. The van der Waals surface area contributed by atoms with Crippen molar-refractivity contribution in [1.29, 1.82) is 0 Å². The summed E-state index contributed by atoms with van der Waals surface area (Å²) < 4.78 is 11.3. The lowest BCUT2D eigenvalue weighted by molar-refractivity contribution is 0.0374. The van der Waals surface area contributed by atoms with Gasteiger partial charge in [0.25, 0.3) is 0 Å². The zero-order chi connectivity index (χ0) is 13.6. The van der Waals surface area contributed by atoms with Crippen LogP contribution in [0, 0.1) is 0 Å². The summed E-state index contributed by atoms with van der Waals surface area (Å²) in [4.78, 5) is 2.48. The number of benzene rings is 1. The van der Waals surface area contributed by atoms with Gasteiger partial charge in [0.2, 0.25) is 0 Å². The van der Waals surface area contributed by atoms with Gasteiger partial charge in [-0.1, -0.05) is 18.2 Å². The maximum Gasteiger partial charge on any atom is 0.123 e. The molecule has 2 heterocycles. The molecule has 0 spiro atoms. The van der Waals surface area contributed by atoms with E-state index in [1.54, 1.807) is 0 Å². The second-order valence-electron chi connectivity index (χ2n) is 5.56. The number of nitrogens with zero attached hydrogens (tertiary/aromatic N) is 1. The van der Waals surface area contributed by atoms with E-state index >= 15 is 0 Å². The summed E-state index contributed by atoms with van der Waals surface area (Å²) in [6.07, 6.45) is 2.53. The molecule has 0 radical (unpaired) electrons. The number of rotatable bonds is 6. The highest BCUT2D eigenvalue weighted by molar-refractivity contribution is 5.37. The average molecular weight is 276 g/mol. The monoisotopic (exact) mass is 276 g/mol. The maximum atomic E-state index is 5.91. The van der Waals surface area contributed by atoms with Gasteiger partial charge in [-0.3, -0.25) is 4.90 Å². The smallest absolute Gasteiger partial charge is 0.123 e. The summed E-state index contributed by atoms with van der Waals surface area (Å²) in [7, 11) is 0. The van der Waals surface area contributed by atoms with Crippen LogP contribution in [0.15, 0.2) is 24.3 Å². The fourth-order valence-corrected chi connectivity index (χ4v) is 2.88. The van der Waals surface area contributed by atoms with E-state index < -0.39 is 0 Å². The van der Waals surface area contributed by atoms with E-state index in [4.69, 9.17) is 9.47 Å². The van der Waals surface area contributed by atoms with Crippen molar-refractivity contribution in [3.63, 3.8) is 0 Å². The quantitative estimate of drug-likeness (QED) is 0.794. The Morgan fingerprint density at radius 3 is 2.90 bits per heavy atom. The molecular formula is C16H24N2O2. The third-order valence-electron chi connectivity index (χ3n) is 4.02. The fraction of sp³-hybridized carbons (Fsp3) is 0.625. The highest BCUT2D eigenvalue weighted by Gasteiger charge is 2.21. The highest BCUT2D eigenvalue weighted by Crippen LogP contribution is 2.27. The van der Waals surface area contributed by atoms with Crippen LogP contribution in [0.2, 0.25) is 0 Å². The summed E-state index contributed by atoms with van der Waals surface area (Å²) in [5.41, 5.74) is 1.34. The van der Waals surface area contributed by atoms with Gasteiger partial charge in [0, 0.05) is 26.1 Å². The van der Waals surface area contributed by atoms with Gasteiger partial charge in [0.05, 0.1) is 13.2 Å². The number of nitrogens with one attached hydrogen (secondary N) is 1. The molecule has 1 fully saturated rings. The third kappa shape index (κ3) is 3.72. The standard InChI is InChI=1S/C16H24N2O2/c1-2-5-16-14(4-1)12-15(20-16)13-17-6-3-7-18-8-10-19-11-9-18/h1-2,4-5,15,17H,3,6-13H2. The molecule has 0 saturated carbocycles. The summed E-state index contributed by atoms with van der Waals surface area (Å²) in [6, 6.07) is 8.35. The molecule has 4 nitrogen and oxygen atoms in total. The first-order valence-electron chi connectivity index (χ1n) is 7.67. The van der Waals surface area contributed by atoms with Crippen LogP contribution in [-0.4, -0.2) is 56.9 Å². The van der Waals surface area contributed by atoms with E-state index in [1.807, 2.05) is 6.07 Å². The highest BCUT2D eigenvalue weighted by atomic mass is 16.5. The third-order valence-corrected chi connectivity index (χ3v) is 4.02. The van der Waals surface area contributed by atoms with E-state index in [9.17, 15) is 0 Å². The van der Waals surface area contributed by atoms with Crippen molar-refractivity contribution in [3.05, 3.63) is 29.8 Å². The Kier molecular flexibility index (Phi) is 4.90. The molecule has 1 atom stereocenters. The zero-order valence-corrected chi connectivity index (χ0v) is 12.0. The Balaban J connectivity index is 1.28. The molecule has 0 bridgehead atoms. The maximum absolute atomic E-state index is 5.91. The van der Waals surface area contributed by atoms with E-state index in [0.29, 0.717) is 6.10 Å². The van der Waals surface area contributed by atoms with Crippen molar-refractivity contribution >= 4 is 0 Å². The lowest BCUT2D eigenvalue weighted by atomic mass is 10.1. The largest absolute Gasteiger partial charge is 0.488 e. The van der Waals surface area contributed by atoms with Crippen molar-refractivity contribution in [2.24, 2.45) is 0 Å².